The monoisotopic (exact) mass is 405 g/mol. The summed E-state index contributed by atoms with van der Waals surface area (Å²) in [6, 6.07) is -0.588. The van der Waals surface area contributed by atoms with Crippen LogP contribution >= 0.6 is 0 Å². The van der Waals surface area contributed by atoms with Gasteiger partial charge in [-0.15, -0.1) is 0 Å². The van der Waals surface area contributed by atoms with Crippen LogP contribution in [0.2, 0.25) is 0 Å². The van der Waals surface area contributed by atoms with Crippen LogP contribution in [0.1, 0.15) is 37.4 Å². The van der Waals surface area contributed by atoms with Gasteiger partial charge in [-0.1, -0.05) is 0 Å². The highest BCUT2D eigenvalue weighted by Crippen LogP contribution is 2.36. The van der Waals surface area contributed by atoms with E-state index in [2.05, 4.69) is 4.98 Å². The van der Waals surface area contributed by atoms with Crippen LogP contribution in [0.5, 0.6) is 0 Å². The van der Waals surface area contributed by atoms with Crippen LogP contribution in [0.25, 0.3) is 0 Å². The van der Waals surface area contributed by atoms with Crippen molar-refractivity contribution in [3.63, 3.8) is 0 Å². The van der Waals surface area contributed by atoms with E-state index in [1.807, 2.05) is 4.98 Å². The molecular weight excluding hydrogens is 383 g/mol. The molecule has 8 nitrogen and oxygen atoms in total. The highest BCUT2D eigenvalue weighted by Gasteiger charge is 2.40. The van der Waals surface area contributed by atoms with Crippen LogP contribution in [0.15, 0.2) is 9.59 Å². The number of hydrogen-bond acceptors (Lipinski definition) is 5. The average molecular weight is 405 g/mol. The predicted molar refractivity (Wildman–Crippen MR) is 91.7 cm³/mol. The van der Waals surface area contributed by atoms with Gasteiger partial charge < -0.3 is 14.6 Å². The maximum atomic E-state index is 12.8. The lowest BCUT2D eigenvalue weighted by Crippen LogP contribution is -2.47. The largest absolute Gasteiger partial charge is 0.456 e. The smallest absolute Gasteiger partial charge is 0.406 e. The van der Waals surface area contributed by atoms with Crippen molar-refractivity contribution in [3.8, 4) is 0 Å². The fourth-order valence-electron chi connectivity index (χ4n) is 2.94. The summed E-state index contributed by atoms with van der Waals surface area (Å²) in [6.45, 7) is 0.851. The zero-order valence-corrected chi connectivity index (χ0v) is 15.5. The molecule has 0 aliphatic heterocycles. The van der Waals surface area contributed by atoms with Crippen molar-refractivity contribution in [1.29, 1.82) is 0 Å². The number of aromatic amines is 2. The maximum absolute atomic E-state index is 12.8. The summed E-state index contributed by atoms with van der Waals surface area (Å²) in [6.07, 6.45) is -3.34. The number of H-pyrrole nitrogens is 2. The van der Waals surface area contributed by atoms with Crippen LogP contribution in [0.4, 0.5) is 13.2 Å². The molecule has 0 radical (unpaired) electrons. The van der Waals surface area contributed by atoms with Crippen LogP contribution in [-0.4, -0.2) is 52.1 Å². The minimum atomic E-state index is -4.55. The molecule has 1 saturated carbocycles. The molecule has 1 amide bonds. The summed E-state index contributed by atoms with van der Waals surface area (Å²) < 4.78 is 43.1. The summed E-state index contributed by atoms with van der Waals surface area (Å²) in [5.41, 5.74) is -0.829. The normalized spacial score (nSPS) is 15.2. The molecule has 1 heterocycles. The van der Waals surface area contributed by atoms with Crippen molar-refractivity contribution >= 4 is 11.9 Å². The molecule has 1 atom stereocenters. The van der Waals surface area contributed by atoms with E-state index in [-0.39, 0.29) is 24.3 Å². The number of nitrogens with zero attached hydrogens (tertiary/aromatic N) is 1. The molecule has 0 bridgehead atoms. The minimum absolute atomic E-state index is 0.0249. The molecular formula is C17H22F3N3O5. The zero-order valence-electron chi connectivity index (χ0n) is 15.5. The van der Waals surface area contributed by atoms with Crippen LogP contribution in [0, 0.1) is 12.8 Å². The van der Waals surface area contributed by atoms with Crippen LogP contribution in [-0.2, 0) is 20.7 Å². The molecule has 1 aromatic rings. The Bertz CT molecular complexity index is 842. The van der Waals surface area contributed by atoms with Gasteiger partial charge in [0.15, 0.2) is 6.61 Å². The lowest BCUT2D eigenvalue weighted by molar-refractivity contribution is -0.170. The van der Waals surface area contributed by atoms with Crippen molar-refractivity contribution in [2.24, 2.45) is 5.92 Å². The second-order valence-electron chi connectivity index (χ2n) is 6.89. The van der Waals surface area contributed by atoms with E-state index in [0.29, 0.717) is 10.6 Å². The van der Waals surface area contributed by atoms with Gasteiger partial charge in [-0.2, -0.15) is 13.2 Å². The molecule has 156 valence electrons. The first kappa shape index (κ1) is 21.7. The van der Waals surface area contributed by atoms with Gasteiger partial charge in [0.2, 0.25) is 0 Å². The summed E-state index contributed by atoms with van der Waals surface area (Å²) in [5, 5.41) is 0. The first-order valence-corrected chi connectivity index (χ1v) is 8.82. The number of amides is 1. The van der Waals surface area contributed by atoms with Crippen LogP contribution in [0.3, 0.4) is 0 Å². The van der Waals surface area contributed by atoms with Crippen molar-refractivity contribution in [1.82, 2.24) is 14.9 Å². The first-order valence-electron chi connectivity index (χ1n) is 8.82. The van der Waals surface area contributed by atoms with Crippen molar-refractivity contribution in [2.45, 2.75) is 51.7 Å². The van der Waals surface area contributed by atoms with Gasteiger partial charge in [-0.3, -0.25) is 19.4 Å². The number of esters is 1. The van der Waals surface area contributed by atoms with Crippen molar-refractivity contribution in [3.05, 3.63) is 32.1 Å². The first-order chi connectivity index (χ1) is 13.0. The van der Waals surface area contributed by atoms with E-state index in [1.54, 1.807) is 6.92 Å². The molecule has 0 unspecified atom stereocenters. The molecule has 1 aliphatic carbocycles. The Morgan fingerprint density at radius 2 is 1.89 bits per heavy atom. The van der Waals surface area contributed by atoms with Gasteiger partial charge in [0, 0.05) is 23.7 Å². The number of rotatable bonds is 8. The number of aryl methyl sites for hydroxylation is 1. The Morgan fingerprint density at radius 1 is 1.25 bits per heavy atom. The lowest BCUT2D eigenvalue weighted by Gasteiger charge is -2.30. The third-order valence-corrected chi connectivity index (χ3v) is 4.66. The third kappa shape index (κ3) is 6.24. The van der Waals surface area contributed by atoms with E-state index in [4.69, 9.17) is 4.74 Å². The van der Waals surface area contributed by atoms with Crippen molar-refractivity contribution in [2.75, 3.05) is 13.2 Å². The fourth-order valence-corrected chi connectivity index (χ4v) is 2.94. The zero-order chi connectivity index (χ0) is 21.1. The van der Waals surface area contributed by atoms with Gasteiger partial charge >= 0.3 is 17.8 Å². The van der Waals surface area contributed by atoms with Gasteiger partial charge in [-0.25, -0.2) is 4.79 Å². The number of nitrogens with one attached hydrogen (secondary N) is 2. The van der Waals surface area contributed by atoms with E-state index < -0.39 is 48.5 Å². The molecule has 1 aromatic heterocycles. The minimum Gasteiger partial charge on any atom is -0.456 e. The summed E-state index contributed by atoms with van der Waals surface area (Å²) in [7, 11) is 0. The number of hydrogen-bond donors (Lipinski definition) is 2. The van der Waals surface area contributed by atoms with E-state index in [0.717, 1.165) is 12.8 Å². The molecule has 2 rings (SSSR count). The van der Waals surface area contributed by atoms with Gasteiger partial charge in [0.1, 0.15) is 6.54 Å². The molecule has 0 aromatic carbocycles. The Labute approximate surface area is 158 Å². The molecule has 0 saturated heterocycles. The van der Waals surface area contributed by atoms with Gasteiger partial charge in [-0.05, 0) is 39.0 Å². The van der Waals surface area contributed by atoms with E-state index >= 15 is 0 Å². The van der Waals surface area contributed by atoms with E-state index in [1.165, 1.54) is 6.92 Å². The molecule has 1 aliphatic rings. The number of carbonyl (C=O) groups excluding carboxylic acids is 2. The number of ether oxygens (including phenoxy) is 1. The second kappa shape index (κ2) is 8.61. The molecule has 1 fully saturated rings. The number of carbonyl (C=O) groups is 2. The molecule has 11 heteroatoms. The van der Waals surface area contributed by atoms with Crippen LogP contribution < -0.4 is 11.2 Å². The summed E-state index contributed by atoms with van der Waals surface area (Å²) in [5.74, 6) is -1.72. The topological polar surface area (TPSA) is 112 Å². The van der Waals surface area contributed by atoms with Crippen molar-refractivity contribution < 1.29 is 27.5 Å². The lowest BCUT2D eigenvalue weighted by atomic mass is 10.1. The highest BCUT2D eigenvalue weighted by molar-refractivity contribution is 5.81. The van der Waals surface area contributed by atoms with Gasteiger partial charge in [0.05, 0.1) is 0 Å². The highest BCUT2D eigenvalue weighted by atomic mass is 19.4. The van der Waals surface area contributed by atoms with Gasteiger partial charge in [0.25, 0.3) is 11.5 Å². The number of halogens is 3. The molecule has 28 heavy (non-hydrogen) atoms. The third-order valence-electron chi connectivity index (χ3n) is 4.66. The fraction of sp³-hybridized carbons (Fsp3) is 0.647. The Hall–Kier alpha value is -2.59. The quantitative estimate of drug-likeness (QED) is 0.628. The SMILES string of the molecule is Cc1[nH]c(=O)[nH]c(=O)c1CCC(=O)OCC(=O)N(CC(F)(F)F)[C@H](C)C1CC1. The maximum Gasteiger partial charge on any atom is 0.406 e. The standard InChI is InChI=1S/C17H22F3N3O5/c1-9-12(15(26)22-16(27)21-9)5-6-14(25)28-7-13(24)23(8-17(18,19)20)10(2)11-3-4-11/h10-11H,3-8H2,1-2H3,(H2,21,22,26,27)/t10-/m1/s1. The Balaban J connectivity index is 1.90. The second-order valence-corrected chi connectivity index (χ2v) is 6.89. The average Bonchev–Trinajstić information content (AvgIpc) is 3.40. The number of aromatic nitrogens is 2. The summed E-state index contributed by atoms with van der Waals surface area (Å²) in [4.78, 5) is 52.0. The predicted octanol–water partition coefficient (Wildman–Crippen LogP) is 1.04. The Morgan fingerprint density at radius 3 is 2.43 bits per heavy atom. The molecule has 2 N–H and O–H groups in total. The molecule has 0 spiro atoms. The Kier molecular flexibility index (Phi) is 6.68. The van der Waals surface area contributed by atoms with E-state index in [9.17, 15) is 32.3 Å². The number of alkyl halides is 3. The summed E-state index contributed by atoms with van der Waals surface area (Å²) >= 11 is 0.